The van der Waals surface area contributed by atoms with Crippen LogP contribution in [0.5, 0.6) is 0 Å². The van der Waals surface area contributed by atoms with Crippen molar-refractivity contribution in [3.05, 3.63) is 72.7 Å². The maximum atomic E-state index is 10.7. The third-order valence-electron chi connectivity index (χ3n) is 6.08. The summed E-state index contributed by atoms with van der Waals surface area (Å²) in [5, 5.41) is 25.3. The molecule has 1 saturated heterocycles. The van der Waals surface area contributed by atoms with E-state index in [9.17, 15) is 10.2 Å². The summed E-state index contributed by atoms with van der Waals surface area (Å²) >= 11 is 2.38. The molecule has 1 fully saturated rings. The number of anilines is 2. The first-order valence-corrected chi connectivity index (χ1v) is 12.4. The van der Waals surface area contributed by atoms with E-state index < -0.39 is 24.5 Å². The number of aliphatic hydroxyl groups is 2. The van der Waals surface area contributed by atoms with Gasteiger partial charge in [-0.1, -0.05) is 71.1 Å². The maximum Gasteiger partial charge on any atom is 0.164 e. The summed E-state index contributed by atoms with van der Waals surface area (Å²) in [7, 11) is 0. The lowest BCUT2D eigenvalue weighted by molar-refractivity contribution is -0.0295. The fourth-order valence-corrected chi connectivity index (χ4v) is 4.94. The van der Waals surface area contributed by atoms with Crippen LogP contribution >= 0.6 is 22.6 Å². The van der Waals surface area contributed by atoms with Crippen molar-refractivity contribution in [2.24, 2.45) is 0 Å². The molecular weight excluding hydrogens is 531 g/mol. The third kappa shape index (κ3) is 4.12. The number of nitrogens with one attached hydrogen (secondary N) is 1. The lowest BCUT2D eigenvalue weighted by atomic mass is 10.1. The highest BCUT2D eigenvalue weighted by Gasteiger charge is 2.42. The van der Waals surface area contributed by atoms with Crippen LogP contribution in [0.15, 0.2) is 67.1 Å². The number of hydrogen-bond donors (Lipinski definition) is 3. The first kappa shape index (κ1) is 22.3. The van der Waals surface area contributed by atoms with Crippen molar-refractivity contribution in [1.29, 1.82) is 0 Å². The normalized spacial score (nSPS) is 22.7. The molecule has 4 atom stereocenters. The van der Waals surface area contributed by atoms with Gasteiger partial charge in [0.2, 0.25) is 0 Å². The number of hydrogen-bond acceptors (Lipinski definition) is 6. The number of fused-ring (bicyclic) bond motifs is 1. The van der Waals surface area contributed by atoms with E-state index in [0.717, 1.165) is 33.0 Å². The monoisotopic (exact) mass is 556 g/mol. The Kier molecular flexibility index (Phi) is 6.33. The topological polar surface area (TPSA) is 92.4 Å². The average Bonchev–Trinajstić information content (AvgIpc) is 3.35. The third-order valence-corrected chi connectivity index (χ3v) is 6.62. The van der Waals surface area contributed by atoms with Gasteiger partial charge in [0, 0.05) is 21.9 Å². The standard InChI is InChI=1S/C25H25IN4O3/c1-15-21(31)22(32)25(33-15)30-13-18(16-7-3-2-4-8-16)20-23(27-14-28-24(20)30)29-19-10-6-5-9-17(19)11-12-26/h2-10,13-15,21-22,25,31-32H,11-12H2,1H3,(H,27,28,29)/t15-,21-,22-,25-/m1/s1. The molecule has 2 aromatic heterocycles. The maximum absolute atomic E-state index is 10.7. The van der Waals surface area contributed by atoms with Gasteiger partial charge in [0.25, 0.3) is 0 Å². The van der Waals surface area contributed by atoms with Gasteiger partial charge in [-0.2, -0.15) is 0 Å². The van der Waals surface area contributed by atoms with E-state index in [1.54, 1.807) is 11.5 Å². The molecule has 0 spiro atoms. The second-order valence-electron chi connectivity index (χ2n) is 8.17. The van der Waals surface area contributed by atoms with Crippen molar-refractivity contribution in [1.82, 2.24) is 14.5 Å². The van der Waals surface area contributed by atoms with Crippen molar-refractivity contribution < 1.29 is 14.9 Å². The number of para-hydroxylation sites is 1. The van der Waals surface area contributed by atoms with Gasteiger partial charge in [-0.3, -0.25) is 0 Å². The largest absolute Gasteiger partial charge is 0.388 e. The Morgan fingerprint density at radius 1 is 1.03 bits per heavy atom. The van der Waals surface area contributed by atoms with Gasteiger partial charge in [0.15, 0.2) is 6.23 Å². The number of aryl methyl sites for hydroxylation is 1. The molecule has 8 heteroatoms. The summed E-state index contributed by atoms with van der Waals surface area (Å²) in [5.41, 5.74) is 4.77. The van der Waals surface area contributed by atoms with Gasteiger partial charge in [-0.25, -0.2) is 9.97 Å². The highest BCUT2D eigenvalue weighted by molar-refractivity contribution is 14.1. The van der Waals surface area contributed by atoms with Crippen molar-refractivity contribution in [2.75, 3.05) is 9.74 Å². The van der Waals surface area contributed by atoms with E-state index in [-0.39, 0.29) is 0 Å². The Labute approximate surface area is 205 Å². The van der Waals surface area contributed by atoms with Crippen LogP contribution in [0.25, 0.3) is 22.2 Å². The molecule has 0 amide bonds. The zero-order chi connectivity index (χ0) is 22.9. The Balaban J connectivity index is 1.68. The van der Waals surface area contributed by atoms with E-state index in [2.05, 4.69) is 50.0 Å². The number of nitrogens with zero attached hydrogens (tertiary/aromatic N) is 3. The number of aromatic nitrogens is 3. The van der Waals surface area contributed by atoms with E-state index in [0.29, 0.717) is 11.5 Å². The number of benzene rings is 2. The molecule has 1 aliphatic rings. The zero-order valence-corrected chi connectivity index (χ0v) is 20.3. The molecule has 4 aromatic rings. The molecule has 0 bridgehead atoms. The lowest BCUT2D eigenvalue weighted by Crippen LogP contribution is -2.30. The summed E-state index contributed by atoms with van der Waals surface area (Å²) in [6.45, 7) is 1.75. The Morgan fingerprint density at radius 2 is 1.79 bits per heavy atom. The molecule has 5 rings (SSSR count). The van der Waals surface area contributed by atoms with E-state index in [4.69, 9.17) is 4.74 Å². The van der Waals surface area contributed by atoms with E-state index in [1.165, 1.54) is 11.9 Å². The smallest absolute Gasteiger partial charge is 0.164 e. The average molecular weight is 556 g/mol. The summed E-state index contributed by atoms with van der Waals surface area (Å²) in [6.07, 6.45) is 1.13. The summed E-state index contributed by atoms with van der Waals surface area (Å²) in [4.78, 5) is 9.14. The predicted molar refractivity (Wildman–Crippen MR) is 137 cm³/mol. The minimum absolute atomic E-state index is 0.484. The van der Waals surface area contributed by atoms with Crippen molar-refractivity contribution in [2.45, 2.75) is 37.9 Å². The molecule has 170 valence electrons. The molecule has 33 heavy (non-hydrogen) atoms. The molecule has 3 N–H and O–H groups in total. The first-order valence-electron chi connectivity index (χ1n) is 10.9. The van der Waals surface area contributed by atoms with Crippen molar-refractivity contribution in [3.8, 4) is 11.1 Å². The van der Waals surface area contributed by atoms with Crippen LogP contribution in [0.2, 0.25) is 0 Å². The summed E-state index contributed by atoms with van der Waals surface area (Å²) in [5.74, 6) is 0.680. The van der Waals surface area contributed by atoms with Crippen LogP contribution in [0.1, 0.15) is 18.7 Å². The van der Waals surface area contributed by atoms with Gasteiger partial charge in [-0.15, -0.1) is 0 Å². The number of halogens is 1. The quantitative estimate of drug-likeness (QED) is 0.240. The van der Waals surface area contributed by atoms with Gasteiger partial charge in [0.05, 0.1) is 11.5 Å². The van der Waals surface area contributed by atoms with E-state index in [1.807, 2.05) is 48.7 Å². The fraction of sp³-hybridized carbons (Fsp3) is 0.280. The lowest BCUT2D eigenvalue weighted by Gasteiger charge is -2.17. The molecule has 0 saturated carbocycles. The van der Waals surface area contributed by atoms with Crippen LogP contribution in [0.3, 0.4) is 0 Å². The minimum Gasteiger partial charge on any atom is -0.388 e. The Bertz CT molecular complexity index is 1260. The molecule has 0 aliphatic carbocycles. The highest BCUT2D eigenvalue weighted by atomic mass is 127. The van der Waals surface area contributed by atoms with Crippen molar-refractivity contribution in [3.63, 3.8) is 0 Å². The molecule has 2 aromatic carbocycles. The van der Waals surface area contributed by atoms with Gasteiger partial charge in [0.1, 0.15) is 30.0 Å². The van der Waals surface area contributed by atoms with Crippen LogP contribution in [0, 0.1) is 0 Å². The Morgan fingerprint density at radius 3 is 2.52 bits per heavy atom. The Hall–Kier alpha value is -2.53. The number of alkyl halides is 1. The summed E-state index contributed by atoms with van der Waals surface area (Å²) in [6, 6.07) is 18.2. The van der Waals surface area contributed by atoms with Crippen LogP contribution in [-0.4, -0.2) is 47.5 Å². The number of aliphatic hydroxyl groups excluding tert-OH is 2. The van der Waals surface area contributed by atoms with Crippen LogP contribution in [-0.2, 0) is 11.2 Å². The second-order valence-corrected chi connectivity index (χ2v) is 9.25. The van der Waals surface area contributed by atoms with Crippen LogP contribution < -0.4 is 5.32 Å². The minimum atomic E-state index is -1.06. The highest BCUT2D eigenvalue weighted by Crippen LogP contribution is 2.39. The van der Waals surface area contributed by atoms with Crippen molar-refractivity contribution >= 4 is 45.1 Å². The molecule has 0 unspecified atom stereocenters. The molecule has 1 aliphatic heterocycles. The summed E-state index contributed by atoms with van der Waals surface area (Å²) < 4.78 is 8.74. The first-order chi connectivity index (χ1) is 16.1. The molecular formula is C25H25IN4O3. The fourth-order valence-electron chi connectivity index (χ4n) is 4.36. The molecule has 3 heterocycles. The van der Waals surface area contributed by atoms with E-state index >= 15 is 0 Å². The van der Waals surface area contributed by atoms with Gasteiger partial charge >= 0.3 is 0 Å². The van der Waals surface area contributed by atoms with Gasteiger partial charge < -0.3 is 24.8 Å². The predicted octanol–water partition coefficient (Wildman–Crippen LogP) is 4.46. The van der Waals surface area contributed by atoms with Crippen LogP contribution in [0.4, 0.5) is 11.5 Å². The molecule has 7 nitrogen and oxygen atoms in total. The zero-order valence-electron chi connectivity index (χ0n) is 18.1. The van der Waals surface area contributed by atoms with Gasteiger partial charge in [-0.05, 0) is 30.5 Å². The SMILES string of the molecule is C[C@H]1O[C@@H](n2cc(-c3ccccc3)c3c(Nc4ccccc4CCI)ncnc32)[C@H](O)[C@@H]1O. The molecule has 0 radical (unpaired) electrons. The number of ether oxygens (including phenoxy) is 1. The second kappa shape index (κ2) is 9.38. The number of rotatable bonds is 6.